The molecule has 0 aromatic heterocycles. The van der Waals surface area contributed by atoms with Gasteiger partial charge in [0.1, 0.15) is 0 Å². The van der Waals surface area contributed by atoms with Crippen LogP contribution in [0.5, 0.6) is 0 Å². The van der Waals surface area contributed by atoms with Crippen molar-refractivity contribution in [3.05, 3.63) is 0 Å². The van der Waals surface area contributed by atoms with Crippen LogP contribution in [0.3, 0.4) is 0 Å². The first-order chi connectivity index (χ1) is 16.7. The fourth-order valence-electron chi connectivity index (χ4n) is 8.21. The van der Waals surface area contributed by atoms with Crippen molar-refractivity contribution in [2.75, 3.05) is 6.61 Å². The highest BCUT2D eigenvalue weighted by Crippen LogP contribution is 2.61. The van der Waals surface area contributed by atoms with Crippen molar-refractivity contribution in [2.45, 2.75) is 168 Å². The fourth-order valence-corrected chi connectivity index (χ4v) is 8.21. The lowest BCUT2D eigenvalue weighted by molar-refractivity contribution is -0.175. The van der Waals surface area contributed by atoms with Crippen LogP contribution in [0.4, 0.5) is 0 Å². The molecule has 0 bridgehead atoms. The minimum Gasteiger partial charge on any atom is -0.465 e. The van der Waals surface area contributed by atoms with Gasteiger partial charge in [0.05, 0.1) is 12.0 Å². The van der Waals surface area contributed by atoms with Crippen molar-refractivity contribution in [3.8, 4) is 0 Å². The van der Waals surface area contributed by atoms with Crippen LogP contribution >= 0.6 is 0 Å². The average Bonchev–Trinajstić information content (AvgIpc) is 2.89. The lowest BCUT2D eigenvalue weighted by atomic mass is 9.49. The molecule has 0 amide bonds. The van der Waals surface area contributed by atoms with E-state index in [9.17, 15) is 4.79 Å². The molecule has 0 aromatic carbocycles. The standard InChI is InChI=1S/C32H58O2/c1-3-5-7-8-9-10-15-22-31(25-20-29(21-26-31)28-18-13-11-14-19-28)32(23-16-12-17-24-32)30(33)34-27-6-4-2/h28-29H,3-27H2,1-2H3. The van der Waals surface area contributed by atoms with Gasteiger partial charge in [-0.1, -0.05) is 117 Å². The van der Waals surface area contributed by atoms with Gasteiger partial charge in [-0.3, -0.25) is 4.79 Å². The van der Waals surface area contributed by atoms with E-state index in [1.54, 1.807) is 0 Å². The molecule has 0 aliphatic heterocycles. The van der Waals surface area contributed by atoms with E-state index in [1.807, 2.05) is 0 Å². The Labute approximate surface area is 212 Å². The molecule has 0 radical (unpaired) electrons. The highest BCUT2D eigenvalue weighted by molar-refractivity contribution is 5.78. The number of rotatable bonds is 14. The molecule has 2 nitrogen and oxygen atoms in total. The normalized spacial score (nSPS) is 28.0. The lowest BCUT2D eigenvalue weighted by Crippen LogP contribution is -2.52. The van der Waals surface area contributed by atoms with E-state index in [0.29, 0.717) is 6.61 Å². The largest absolute Gasteiger partial charge is 0.465 e. The molecule has 3 aliphatic rings. The van der Waals surface area contributed by atoms with Crippen LogP contribution < -0.4 is 0 Å². The number of hydrogen-bond donors (Lipinski definition) is 0. The monoisotopic (exact) mass is 474 g/mol. The molecule has 3 saturated carbocycles. The van der Waals surface area contributed by atoms with Crippen molar-refractivity contribution in [3.63, 3.8) is 0 Å². The van der Waals surface area contributed by atoms with E-state index < -0.39 is 0 Å². The summed E-state index contributed by atoms with van der Waals surface area (Å²) in [5.74, 6) is 2.11. The molecule has 0 unspecified atom stereocenters. The molecule has 3 aliphatic carbocycles. The molecule has 2 heteroatoms. The summed E-state index contributed by atoms with van der Waals surface area (Å²) in [6.07, 6.45) is 31.6. The van der Waals surface area contributed by atoms with E-state index in [2.05, 4.69) is 13.8 Å². The Balaban J connectivity index is 1.70. The number of esters is 1. The van der Waals surface area contributed by atoms with E-state index in [-0.39, 0.29) is 16.8 Å². The third-order valence-corrected chi connectivity index (χ3v) is 10.4. The Bertz CT molecular complexity index is 547. The molecular weight excluding hydrogens is 416 g/mol. The van der Waals surface area contributed by atoms with Crippen LogP contribution in [0.1, 0.15) is 168 Å². The molecule has 0 atom stereocenters. The second-order valence-electron chi connectivity index (χ2n) is 12.5. The zero-order chi connectivity index (χ0) is 24.1. The third-order valence-electron chi connectivity index (χ3n) is 10.4. The first-order valence-electron chi connectivity index (χ1n) is 15.8. The minimum atomic E-state index is -0.182. The summed E-state index contributed by atoms with van der Waals surface area (Å²) in [5.41, 5.74) is 0.0318. The van der Waals surface area contributed by atoms with Crippen LogP contribution in [-0.2, 0) is 9.53 Å². The highest BCUT2D eigenvalue weighted by atomic mass is 16.5. The molecule has 0 saturated heterocycles. The van der Waals surface area contributed by atoms with Crippen LogP contribution in [0.25, 0.3) is 0 Å². The predicted octanol–water partition coefficient (Wildman–Crippen LogP) is 10.2. The van der Waals surface area contributed by atoms with Crippen LogP contribution in [0, 0.1) is 22.7 Å². The van der Waals surface area contributed by atoms with Crippen LogP contribution in [-0.4, -0.2) is 12.6 Å². The third kappa shape index (κ3) is 7.25. The number of ether oxygens (including phenoxy) is 1. The van der Waals surface area contributed by atoms with Gasteiger partial charge in [0.2, 0.25) is 0 Å². The summed E-state index contributed by atoms with van der Waals surface area (Å²) in [4.78, 5) is 13.9. The van der Waals surface area contributed by atoms with Crippen molar-refractivity contribution < 1.29 is 9.53 Å². The first kappa shape index (κ1) is 28.0. The molecule has 198 valence electrons. The van der Waals surface area contributed by atoms with Gasteiger partial charge in [0.15, 0.2) is 0 Å². The SMILES string of the molecule is CCCCCCCCCC1(C2(C(=O)OCCCC)CCCCC2)CCC(C2CCCCC2)CC1. The van der Waals surface area contributed by atoms with Gasteiger partial charge in [0, 0.05) is 0 Å². The van der Waals surface area contributed by atoms with E-state index >= 15 is 0 Å². The van der Waals surface area contributed by atoms with Crippen LogP contribution in [0.2, 0.25) is 0 Å². The zero-order valence-corrected chi connectivity index (χ0v) is 23.1. The maximum absolute atomic E-state index is 13.9. The van der Waals surface area contributed by atoms with Crippen molar-refractivity contribution >= 4 is 5.97 Å². The maximum atomic E-state index is 13.9. The second-order valence-corrected chi connectivity index (χ2v) is 12.5. The van der Waals surface area contributed by atoms with Gasteiger partial charge in [-0.25, -0.2) is 0 Å². The van der Waals surface area contributed by atoms with Gasteiger partial charge < -0.3 is 4.74 Å². The van der Waals surface area contributed by atoms with Crippen molar-refractivity contribution in [2.24, 2.45) is 22.7 Å². The molecule has 0 spiro atoms. The number of carbonyl (C=O) groups excluding carboxylic acids is 1. The summed E-state index contributed by atoms with van der Waals surface area (Å²) in [6, 6.07) is 0. The van der Waals surface area contributed by atoms with Gasteiger partial charge >= 0.3 is 5.97 Å². The topological polar surface area (TPSA) is 26.3 Å². The van der Waals surface area contributed by atoms with Gasteiger partial charge in [-0.05, 0) is 68.6 Å². The van der Waals surface area contributed by atoms with Crippen molar-refractivity contribution in [1.29, 1.82) is 0 Å². The second kappa shape index (κ2) is 14.9. The number of hydrogen-bond acceptors (Lipinski definition) is 2. The fraction of sp³-hybridized carbons (Fsp3) is 0.969. The molecular formula is C32H58O2. The van der Waals surface area contributed by atoms with Gasteiger partial charge in [-0.15, -0.1) is 0 Å². The Morgan fingerprint density at radius 2 is 1.21 bits per heavy atom. The quantitative estimate of drug-likeness (QED) is 0.185. The highest BCUT2D eigenvalue weighted by Gasteiger charge is 2.57. The molecule has 0 heterocycles. The first-order valence-corrected chi connectivity index (χ1v) is 15.8. The van der Waals surface area contributed by atoms with Crippen LogP contribution in [0.15, 0.2) is 0 Å². The Kier molecular flexibility index (Phi) is 12.3. The van der Waals surface area contributed by atoms with E-state index in [1.165, 1.54) is 128 Å². The molecule has 0 N–H and O–H groups in total. The molecule has 0 aromatic rings. The Morgan fingerprint density at radius 3 is 1.85 bits per heavy atom. The smallest absolute Gasteiger partial charge is 0.312 e. The molecule has 3 fully saturated rings. The Morgan fingerprint density at radius 1 is 0.647 bits per heavy atom. The van der Waals surface area contributed by atoms with Crippen molar-refractivity contribution in [1.82, 2.24) is 0 Å². The molecule has 34 heavy (non-hydrogen) atoms. The van der Waals surface area contributed by atoms with E-state index in [4.69, 9.17) is 4.74 Å². The number of unbranched alkanes of at least 4 members (excludes halogenated alkanes) is 7. The van der Waals surface area contributed by atoms with E-state index in [0.717, 1.165) is 37.5 Å². The average molecular weight is 475 g/mol. The maximum Gasteiger partial charge on any atom is 0.312 e. The Hall–Kier alpha value is -0.530. The summed E-state index contributed by atoms with van der Waals surface area (Å²) >= 11 is 0. The molecule has 3 rings (SSSR count). The summed E-state index contributed by atoms with van der Waals surface area (Å²) < 4.78 is 6.08. The summed E-state index contributed by atoms with van der Waals surface area (Å²) in [5, 5.41) is 0. The van der Waals surface area contributed by atoms with Gasteiger partial charge in [0.25, 0.3) is 0 Å². The summed E-state index contributed by atoms with van der Waals surface area (Å²) in [7, 11) is 0. The lowest BCUT2D eigenvalue weighted by Gasteiger charge is -2.55. The summed E-state index contributed by atoms with van der Waals surface area (Å²) in [6.45, 7) is 5.13. The van der Waals surface area contributed by atoms with Gasteiger partial charge in [-0.2, -0.15) is 0 Å². The predicted molar refractivity (Wildman–Crippen MR) is 145 cm³/mol. The minimum absolute atomic E-state index is 0.182. The number of carbonyl (C=O) groups is 1. The zero-order valence-electron chi connectivity index (χ0n) is 23.1.